The first-order valence-corrected chi connectivity index (χ1v) is 9.43. The molecule has 3 amide bonds. The summed E-state index contributed by atoms with van der Waals surface area (Å²) in [6.45, 7) is 7.06. The number of nitriles is 1. The Morgan fingerprint density at radius 1 is 1.50 bits per heavy atom. The van der Waals surface area contributed by atoms with Crippen LogP contribution in [0.5, 0.6) is 0 Å². The predicted octanol–water partition coefficient (Wildman–Crippen LogP) is 0.00138. The largest absolute Gasteiger partial charge is 0.392 e. The Morgan fingerprint density at radius 3 is 2.62 bits per heavy atom. The van der Waals surface area contributed by atoms with Gasteiger partial charge in [0.2, 0.25) is 17.7 Å². The molecule has 9 heteroatoms. The Morgan fingerprint density at radius 2 is 2.12 bits per heavy atom. The van der Waals surface area contributed by atoms with E-state index in [2.05, 4.69) is 11.4 Å². The summed E-state index contributed by atoms with van der Waals surface area (Å²) in [7, 11) is 0. The highest BCUT2D eigenvalue weighted by Crippen LogP contribution is 2.42. The lowest BCUT2D eigenvalue weighted by Gasteiger charge is -2.34. The van der Waals surface area contributed by atoms with Gasteiger partial charge in [-0.1, -0.05) is 0 Å². The van der Waals surface area contributed by atoms with Crippen LogP contribution in [0.15, 0.2) is 0 Å². The molecule has 1 rings (SSSR count). The van der Waals surface area contributed by atoms with Crippen LogP contribution >= 0.6 is 11.8 Å². The molecule has 3 atom stereocenters. The second-order valence-corrected chi connectivity index (χ2v) is 9.15. The van der Waals surface area contributed by atoms with Crippen molar-refractivity contribution >= 4 is 29.5 Å². The van der Waals surface area contributed by atoms with Crippen LogP contribution in [0.1, 0.15) is 40.5 Å². The van der Waals surface area contributed by atoms with Gasteiger partial charge >= 0.3 is 0 Å². The second kappa shape index (κ2) is 8.84. The van der Waals surface area contributed by atoms with Crippen molar-refractivity contribution in [2.75, 3.05) is 19.6 Å². The van der Waals surface area contributed by atoms with Crippen molar-refractivity contribution in [3.63, 3.8) is 0 Å². The van der Waals surface area contributed by atoms with E-state index in [1.165, 1.54) is 0 Å². The van der Waals surface area contributed by atoms with Crippen LogP contribution in [-0.2, 0) is 14.4 Å². The number of nitrogens with zero attached hydrogens (tertiary/aromatic N) is 2. The summed E-state index contributed by atoms with van der Waals surface area (Å²) >= 11 is 1.10. The quantitative estimate of drug-likeness (QED) is 0.476. The van der Waals surface area contributed by atoms with Crippen molar-refractivity contribution in [3.8, 4) is 6.07 Å². The number of nitrogens with two attached hydrogens (primary N) is 1. The monoisotopic (exact) mass is 384 g/mol. The number of carbonyl (C=O) groups excluding carboxylic acids is 3. The fourth-order valence-corrected chi connectivity index (χ4v) is 4.61. The molecule has 0 spiro atoms. The van der Waals surface area contributed by atoms with Crippen LogP contribution in [0.4, 0.5) is 0 Å². The van der Waals surface area contributed by atoms with Crippen LogP contribution in [0.25, 0.3) is 0 Å². The molecule has 0 aromatic carbocycles. The summed E-state index contributed by atoms with van der Waals surface area (Å²) in [6, 6.07) is 2.17. The molecule has 0 aliphatic carbocycles. The average molecular weight is 385 g/mol. The van der Waals surface area contributed by atoms with E-state index in [9.17, 15) is 24.8 Å². The van der Waals surface area contributed by atoms with Gasteiger partial charge in [-0.15, -0.1) is 11.8 Å². The zero-order valence-corrected chi connectivity index (χ0v) is 16.6. The first-order valence-electron chi connectivity index (χ1n) is 8.55. The summed E-state index contributed by atoms with van der Waals surface area (Å²) in [6.07, 6.45) is -0.510. The molecule has 0 aromatic heterocycles. The van der Waals surface area contributed by atoms with Crippen molar-refractivity contribution in [2.24, 2.45) is 11.1 Å². The van der Waals surface area contributed by atoms with Gasteiger partial charge in [-0.05, 0) is 34.1 Å². The molecule has 0 aromatic rings. The number of hydrogen-bond acceptors (Lipinski definition) is 7. The van der Waals surface area contributed by atoms with Crippen molar-refractivity contribution in [1.82, 2.24) is 10.2 Å². The third-order valence-corrected chi connectivity index (χ3v) is 5.58. The van der Waals surface area contributed by atoms with Crippen LogP contribution in [0.3, 0.4) is 0 Å². The van der Waals surface area contributed by atoms with E-state index in [0.29, 0.717) is 0 Å². The fourth-order valence-electron chi connectivity index (χ4n) is 2.91. The van der Waals surface area contributed by atoms with Gasteiger partial charge in [0.05, 0.1) is 27.6 Å². The van der Waals surface area contributed by atoms with Crippen molar-refractivity contribution in [1.29, 1.82) is 5.26 Å². The van der Waals surface area contributed by atoms with Gasteiger partial charge in [0.1, 0.15) is 0 Å². The van der Waals surface area contributed by atoms with Gasteiger partial charge < -0.3 is 16.2 Å². The van der Waals surface area contributed by atoms with Crippen LogP contribution in [0.2, 0.25) is 0 Å². The van der Waals surface area contributed by atoms with Crippen molar-refractivity contribution in [2.45, 2.75) is 56.6 Å². The molecule has 0 radical (unpaired) electrons. The molecule has 4 N–H and O–H groups in total. The Labute approximate surface area is 158 Å². The first-order chi connectivity index (χ1) is 12.0. The number of hydrogen-bond donors (Lipinski definition) is 3. The summed E-state index contributed by atoms with van der Waals surface area (Å²) < 4.78 is -1.10. The molecule has 0 bridgehead atoms. The van der Waals surface area contributed by atoms with E-state index in [1.54, 1.807) is 27.7 Å². The van der Waals surface area contributed by atoms with Crippen molar-refractivity contribution in [3.05, 3.63) is 0 Å². The smallest absolute Gasteiger partial charge is 0.242 e. The van der Waals surface area contributed by atoms with Crippen LogP contribution in [-0.4, -0.2) is 63.5 Å². The van der Waals surface area contributed by atoms with Gasteiger partial charge in [-0.2, -0.15) is 5.26 Å². The number of likely N-dealkylation sites (tertiary alicyclic amines) is 1. The Hall–Kier alpha value is -1.63. The maximum absolute atomic E-state index is 12.8. The topological polar surface area (TPSA) is 137 Å². The third kappa shape index (κ3) is 5.69. The van der Waals surface area contributed by atoms with E-state index in [0.717, 1.165) is 16.7 Å². The lowest BCUT2D eigenvalue weighted by molar-refractivity contribution is -0.138. The summed E-state index contributed by atoms with van der Waals surface area (Å²) in [5, 5.41) is 20.7. The number of imide groups is 1. The van der Waals surface area contributed by atoms with Gasteiger partial charge in [0.15, 0.2) is 0 Å². The SMILES string of the molecule is CC(O)CNC(=O)C(C)(CC(C)(C)C#N)SC1CC(=O)N(CCN)C1=O. The molecule has 3 unspecified atom stereocenters. The van der Waals surface area contributed by atoms with Gasteiger partial charge in [0, 0.05) is 26.1 Å². The minimum Gasteiger partial charge on any atom is -0.392 e. The van der Waals surface area contributed by atoms with E-state index in [4.69, 9.17) is 5.73 Å². The Kier molecular flexibility index (Phi) is 7.62. The van der Waals surface area contributed by atoms with Gasteiger partial charge in [-0.3, -0.25) is 19.3 Å². The van der Waals surface area contributed by atoms with Crippen molar-refractivity contribution < 1.29 is 19.5 Å². The van der Waals surface area contributed by atoms with E-state index >= 15 is 0 Å². The van der Waals surface area contributed by atoms with Gasteiger partial charge in [-0.25, -0.2) is 0 Å². The predicted molar refractivity (Wildman–Crippen MR) is 98.9 cm³/mol. The highest BCUT2D eigenvalue weighted by molar-refractivity contribution is 8.02. The number of rotatable bonds is 9. The maximum Gasteiger partial charge on any atom is 0.242 e. The number of thioether (sulfide) groups is 1. The number of aliphatic hydroxyl groups excluding tert-OH is 1. The zero-order chi connectivity index (χ0) is 20.1. The molecule has 146 valence electrons. The molecule has 1 fully saturated rings. The number of nitrogens with one attached hydrogen (secondary N) is 1. The first kappa shape index (κ1) is 22.4. The zero-order valence-electron chi connectivity index (χ0n) is 15.7. The molecule has 1 saturated heterocycles. The minimum absolute atomic E-state index is 0.00968. The molecule has 1 aliphatic rings. The normalized spacial score (nSPS) is 21.3. The highest BCUT2D eigenvalue weighted by atomic mass is 32.2. The van der Waals surface area contributed by atoms with E-state index in [-0.39, 0.29) is 50.2 Å². The highest BCUT2D eigenvalue weighted by Gasteiger charge is 2.47. The Balaban J connectivity index is 3.02. The maximum atomic E-state index is 12.8. The number of carbonyl (C=O) groups is 3. The van der Waals surface area contributed by atoms with Gasteiger partial charge in [0.25, 0.3) is 0 Å². The summed E-state index contributed by atoms with van der Waals surface area (Å²) in [5.74, 6) is -1.02. The summed E-state index contributed by atoms with van der Waals surface area (Å²) in [5.41, 5.74) is 4.65. The molecular formula is C17H28N4O4S. The molecule has 1 aliphatic heterocycles. The third-order valence-electron chi connectivity index (χ3n) is 4.08. The van der Waals surface area contributed by atoms with E-state index in [1.807, 2.05) is 0 Å². The minimum atomic E-state index is -1.10. The number of aliphatic hydroxyl groups is 1. The fraction of sp³-hybridized carbons (Fsp3) is 0.765. The lowest BCUT2D eigenvalue weighted by Crippen LogP contribution is -2.48. The molecular weight excluding hydrogens is 356 g/mol. The molecule has 1 heterocycles. The van der Waals surface area contributed by atoms with E-state index < -0.39 is 21.5 Å². The lowest BCUT2D eigenvalue weighted by atomic mass is 9.84. The molecule has 26 heavy (non-hydrogen) atoms. The van der Waals surface area contributed by atoms with Crippen LogP contribution in [0, 0.1) is 16.7 Å². The van der Waals surface area contributed by atoms with Crippen LogP contribution < -0.4 is 11.1 Å². The standard InChI is InChI=1S/C17H28N4O4S/c1-11(22)8-20-15(25)17(4,9-16(2,3)10-19)26-12-7-13(23)21(6-5-18)14(12)24/h11-12,22H,5-9,18H2,1-4H3,(H,20,25). The molecule has 0 saturated carbocycles. The average Bonchev–Trinajstić information content (AvgIpc) is 2.79. The summed E-state index contributed by atoms with van der Waals surface area (Å²) in [4.78, 5) is 38.4. The number of amides is 3. The molecule has 8 nitrogen and oxygen atoms in total. The second-order valence-electron chi connectivity index (χ2n) is 7.45. The Bertz CT molecular complexity index is 602.